The third-order valence-corrected chi connectivity index (χ3v) is 24.6. The van der Waals surface area contributed by atoms with Crippen molar-refractivity contribution in [2.45, 2.75) is 222 Å². The summed E-state index contributed by atoms with van der Waals surface area (Å²) in [6.45, 7) is 20.7. The van der Waals surface area contributed by atoms with Crippen molar-refractivity contribution in [3.05, 3.63) is 243 Å². The molecule has 0 unspecified atom stereocenters. The van der Waals surface area contributed by atoms with E-state index in [-0.39, 0.29) is 55.1 Å². The van der Waals surface area contributed by atoms with Crippen molar-refractivity contribution in [2.75, 3.05) is 79.4 Å². The van der Waals surface area contributed by atoms with Crippen LogP contribution in [0.2, 0.25) is 0 Å². The lowest BCUT2D eigenvalue weighted by molar-refractivity contribution is -0.0969. The topological polar surface area (TPSA) is 145 Å². The van der Waals surface area contributed by atoms with Gasteiger partial charge >= 0.3 is 0 Å². The predicted molar refractivity (Wildman–Crippen MR) is 428 cm³/mol. The van der Waals surface area contributed by atoms with Gasteiger partial charge in [0.05, 0.1) is 93.8 Å². The average molecular weight is 1480 g/mol. The van der Waals surface area contributed by atoms with Gasteiger partial charge in [-0.25, -0.2) is 8.78 Å². The van der Waals surface area contributed by atoms with Crippen LogP contribution in [0, 0.1) is 12.3 Å². The molecule has 6 saturated heterocycles. The number of fused-ring (bicyclic) bond motifs is 6. The summed E-state index contributed by atoms with van der Waals surface area (Å²) >= 11 is 0. The number of nitrogens with one attached hydrogen (secondary N) is 5. The molecular weight excluding hydrogens is 1370 g/mol. The van der Waals surface area contributed by atoms with Crippen LogP contribution in [0.3, 0.4) is 0 Å². The van der Waals surface area contributed by atoms with Gasteiger partial charge in [-0.1, -0.05) is 141 Å². The summed E-state index contributed by atoms with van der Waals surface area (Å²) in [6, 6.07) is 57.8. The van der Waals surface area contributed by atoms with E-state index < -0.39 is 5.92 Å². The molecule has 12 aliphatic rings. The average Bonchev–Trinajstić information content (AvgIpc) is 1.37. The van der Waals surface area contributed by atoms with Crippen molar-refractivity contribution in [3.8, 4) is 22.6 Å². The second kappa shape index (κ2) is 35.4. The molecule has 0 spiro atoms. The number of hydrogen-bond donors (Lipinski definition) is 5. The van der Waals surface area contributed by atoms with Gasteiger partial charge in [-0.2, -0.15) is 0 Å². The van der Waals surface area contributed by atoms with E-state index in [0.717, 1.165) is 114 Å². The van der Waals surface area contributed by atoms with E-state index in [1.807, 2.05) is 48.7 Å². The highest BCUT2D eigenvalue weighted by molar-refractivity contribution is 5.62. The molecule has 109 heavy (non-hydrogen) atoms. The molecule has 580 valence electrons. The molecule has 12 aliphatic heterocycles. The van der Waals surface area contributed by atoms with Crippen LogP contribution in [0.15, 0.2) is 175 Å². The zero-order chi connectivity index (χ0) is 74.9. The highest BCUT2D eigenvalue weighted by Crippen LogP contribution is 2.44. The molecule has 6 fully saturated rings. The summed E-state index contributed by atoms with van der Waals surface area (Å²) in [6.07, 6.45) is 21.7. The largest absolute Gasteiger partial charge is 0.464 e. The van der Waals surface area contributed by atoms with Crippen LogP contribution in [0.4, 0.5) is 8.78 Å². The maximum absolute atomic E-state index is 13.2. The second-order valence-corrected chi connectivity index (χ2v) is 33.7. The maximum atomic E-state index is 13.2. The Morgan fingerprint density at radius 1 is 0.431 bits per heavy atom. The highest BCUT2D eigenvalue weighted by atomic mass is 19.3. The quantitative estimate of drug-likeness (QED) is 0.0984. The maximum Gasteiger partial charge on any atom is 0.261 e. The number of halogens is 2. The Kier molecular flexibility index (Phi) is 25.2. The molecule has 0 bridgehead atoms. The Morgan fingerprint density at radius 3 is 1.42 bits per heavy atom. The Labute approximate surface area is 646 Å². The normalized spacial score (nSPS) is 28.6. The summed E-state index contributed by atoms with van der Waals surface area (Å²) in [7, 11) is 2.23. The number of benzene rings is 6. The fourth-order valence-corrected chi connectivity index (χ4v) is 19.1. The molecule has 8 aromatic rings. The van der Waals surface area contributed by atoms with Crippen LogP contribution < -0.4 is 26.6 Å². The standard InChI is InChI=1S/C18H20N2O.C17H19NO2.3C15H21NO.C13H15F2NO/c1-2-9-19-16(4-1)14-6-7-15-13(12-14)8-11-21-18(15)17-5-3-10-20-17;1-3-15(18-8-1)17-14-6-5-13(16-4-2-9-19-16)11-12(14)7-10-20-17;1-11-5-6-13-12(10-11)7-9-17-15(13)14-4-3-8-16(14)2;1-15(2)10-11-6-3-4-7-12(11)14(17-15)13-8-5-9-16-13;1-15(2)9-13(16-10-15)14-12-6-4-3-5-11(12)7-8-17-14;14-13(15)7-11(16-8-13)12-10-4-2-1-3-9(10)5-6-17-12/h1-2,4,6-7,9,12,17-18,20H,3,5,8,10-11H2;2,4-6,9,11,15,17-18H,1,3,7-8,10H2;5-6,10,14-15H,3-4,7-9H2,1-2H3;3-4,6-7,13-14,16H,5,8-10H2,1-2H3;3-6,13-14,16H,7-10H2,1-2H3;1-4,11-12,16H,5-8H2/t17-,18+;15-,17+;14-,15+;2*13-,14+;11-,12+/m000000/s1. The first-order valence-electron chi connectivity index (χ1n) is 41.1. The Balaban J connectivity index is 0.000000104. The number of aromatic nitrogens is 1. The minimum absolute atomic E-state index is 0.0384. The lowest BCUT2D eigenvalue weighted by atomic mass is 9.86. The van der Waals surface area contributed by atoms with E-state index >= 15 is 0 Å². The highest BCUT2D eigenvalue weighted by Gasteiger charge is 2.45. The molecule has 0 radical (unpaired) electrons. The Bertz CT molecular complexity index is 4170. The molecule has 16 heteroatoms. The lowest BCUT2D eigenvalue weighted by Crippen LogP contribution is -2.41. The number of furan rings is 1. The van der Waals surface area contributed by atoms with E-state index in [1.165, 1.54) is 137 Å². The zero-order valence-electron chi connectivity index (χ0n) is 65.2. The Hall–Kier alpha value is -6.87. The fraction of sp³-hybridized carbons (Fsp3) is 0.516. The van der Waals surface area contributed by atoms with Gasteiger partial charge in [0.1, 0.15) is 5.76 Å². The van der Waals surface area contributed by atoms with Gasteiger partial charge in [-0.15, -0.1) is 0 Å². The first-order valence-corrected chi connectivity index (χ1v) is 41.1. The minimum Gasteiger partial charge on any atom is -0.464 e. The SMILES string of the molecule is CC1(C)CN[C@H]([C@@H]2OCCc3ccccc32)C1.CC1(C)Cc2ccccc2[C@H]([C@@H]2CCCN2)O1.Cc1ccc2c(c1)CCO[C@H]2[C@@H]1CCCN1C.FC1(F)CN[C@H]([C@@H]2OCCc3ccccc32)C1.c1ccc(-c2ccc3c(c2)CCO[C@H]3[C@@H]2CCCN2)nc1.c1coc(-c2ccc3c(c2)CCO[C@H]3[C@@H]2CCCN2)c1. The number of hydrogen-bond acceptors (Lipinski definition) is 14. The molecule has 0 amide bonds. The molecule has 14 heterocycles. The molecule has 14 nitrogen and oxygen atoms in total. The number of aryl methyl sites for hydroxylation is 1. The molecule has 2 aromatic heterocycles. The van der Waals surface area contributed by atoms with E-state index in [2.05, 4.69) is 193 Å². The summed E-state index contributed by atoms with van der Waals surface area (Å²) in [5.74, 6) is -1.66. The first-order chi connectivity index (χ1) is 53.1. The van der Waals surface area contributed by atoms with Crippen molar-refractivity contribution >= 4 is 0 Å². The van der Waals surface area contributed by atoms with Crippen LogP contribution >= 0.6 is 0 Å². The predicted octanol–water partition coefficient (Wildman–Crippen LogP) is 16.9. The molecular formula is C93H117F2N7O7. The van der Waals surface area contributed by atoms with E-state index in [1.54, 1.807) is 6.26 Å². The van der Waals surface area contributed by atoms with Gasteiger partial charge in [-0.05, 0) is 252 Å². The first kappa shape index (κ1) is 77.5. The van der Waals surface area contributed by atoms with E-state index in [0.29, 0.717) is 48.3 Å². The fourth-order valence-electron chi connectivity index (χ4n) is 19.1. The lowest BCUT2D eigenvalue weighted by Gasteiger charge is -2.40. The van der Waals surface area contributed by atoms with Gasteiger partial charge < -0.3 is 64.3 Å². The van der Waals surface area contributed by atoms with Crippen LogP contribution in [0.5, 0.6) is 0 Å². The van der Waals surface area contributed by atoms with Gasteiger partial charge in [0.2, 0.25) is 0 Å². The number of likely N-dealkylation sites (N-methyl/N-ethyl adjacent to an activating group) is 1. The molecule has 5 N–H and O–H groups in total. The van der Waals surface area contributed by atoms with Crippen molar-refractivity contribution in [1.29, 1.82) is 0 Å². The van der Waals surface area contributed by atoms with Gasteiger partial charge in [0.25, 0.3) is 5.92 Å². The Morgan fingerprint density at radius 2 is 0.908 bits per heavy atom. The monoisotopic (exact) mass is 1480 g/mol. The van der Waals surface area contributed by atoms with Gasteiger partial charge in [0.15, 0.2) is 0 Å². The number of pyridine rings is 1. The summed E-state index contributed by atoms with van der Waals surface area (Å²) < 4.78 is 68.1. The summed E-state index contributed by atoms with van der Waals surface area (Å²) in [4.78, 5) is 6.91. The van der Waals surface area contributed by atoms with E-state index in [9.17, 15) is 8.78 Å². The zero-order valence-corrected chi connectivity index (χ0v) is 65.2. The van der Waals surface area contributed by atoms with Gasteiger partial charge in [0, 0.05) is 73.0 Å². The van der Waals surface area contributed by atoms with E-state index in [4.69, 9.17) is 32.8 Å². The molecule has 12 atom stereocenters. The van der Waals surface area contributed by atoms with Crippen LogP contribution in [0.1, 0.15) is 201 Å². The summed E-state index contributed by atoms with van der Waals surface area (Å²) in [5, 5.41) is 17.2. The molecule has 0 saturated carbocycles. The molecule has 0 aliphatic carbocycles. The number of rotatable bonds is 8. The molecule has 20 rings (SSSR count). The van der Waals surface area contributed by atoms with Crippen molar-refractivity contribution in [3.63, 3.8) is 0 Å². The number of nitrogens with zero attached hydrogens (tertiary/aromatic N) is 2. The molecule has 6 aromatic carbocycles. The van der Waals surface area contributed by atoms with Crippen molar-refractivity contribution in [1.82, 2.24) is 36.5 Å². The number of ether oxygens (including phenoxy) is 6. The van der Waals surface area contributed by atoms with Crippen molar-refractivity contribution in [2.24, 2.45) is 5.41 Å². The summed E-state index contributed by atoms with van der Waals surface area (Å²) in [5.41, 5.74) is 21.6. The number of likely N-dealkylation sites (tertiary alicyclic amines) is 1. The van der Waals surface area contributed by atoms with Crippen LogP contribution in [0.25, 0.3) is 22.6 Å². The third-order valence-electron chi connectivity index (χ3n) is 24.6. The van der Waals surface area contributed by atoms with Crippen LogP contribution in [-0.2, 0) is 66.9 Å². The number of alkyl halides is 2. The smallest absolute Gasteiger partial charge is 0.261 e. The van der Waals surface area contributed by atoms with Crippen LogP contribution in [-0.4, -0.2) is 137 Å². The van der Waals surface area contributed by atoms with Gasteiger partial charge in [-0.3, -0.25) is 4.98 Å². The minimum atomic E-state index is -2.60. The third kappa shape index (κ3) is 18.9. The van der Waals surface area contributed by atoms with Crippen molar-refractivity contribution < 1.29 is 41.6 Å². The second-order valence-electron chi connectivity index (χ2n) is 33.7.